The average Bonchev–Trinajstić information content (AvgIpc) is 2.28. The topological polar surface area (TPSA) is 60.2 Å². The van der Waals surface area contributed by atoms with Crippen molar-refractivity contribution in [2.45, 2.75) is 45.1 Å². The molecule has 13 heavy (non-hydrogen) atoms. The van der Waals surface area contributed by atoms with Crippen molar-refractivity contribution in [2.24, 2.45) is 5.92 Å². The van der Waals surface area contributed by atoms with Gasteiger partial charge in [-0.3, -0.25) is 14.9 Å². The molecule has 0 aromatic carbocycles. The van der Waals surface area contributed by atoms with Crippen molar-refractivity contribution in [3.8, 4) is 0 Å². The molecular weight excluding hydrogens is 170 g/mol. The molecule has 0 aromatic heterocycles. The van der Waals surface area contributed by atoms with E-state index in [1.54, 1.807) is 6.92 Å². The molecule has 0 saturated heterocycles. The Bertz CT molecular complexity index is 215. The van der Waals surface area contributed by atoms with Gasteiger partial charge in [-0.1, -0.05) is 6.42 Å². The molecule has 1 saturated carbocycles. The molecule has 0 N–H and O–H groups in total. The maximum Gasteiger partial charge on any atom is 0.213 e. The van der Waals surface area contributed by atoms with Crippen LogP contribution in [0.5, 0.6) is 0 Å². The molecule has 74 valence electrons. The Morgan fingerprint density at radius 1 is 1.54 bits per heavy atom. The van der Waals surface area contributed by atoms with Crippen LogP contribution in [0.15, 0.2) is 0 Å². The zero-order chi connectivity index (χ0) is 9.84. The van der Waals surface area contributed by atoms with E-state index in [4.69, 9.17) is 0 Å². The first kappa shape index (κ1) is 10.2. The van der Waals surface area contributed by atoms with Crippen LogP contribution in [0.25, 0.3) is 0 Å². The Morgan fingerprint density at radius 3 is 2.85 bits per heavy atom. The predicted octanol–water partition coefficient (Wildman–Crippen LogP) is 1.80. The third-order valence-corrected chi connectivity index (χ3v) is 2.79. The number of carbonyl (C=O) groups is 1. The second-order valence-corrected chi connectivity index (χ2v) is 3.77. The van der Waals surface area contributed by atoms with Crippen LogP contribution in [0.4, 0.5) is 0 Å². The van der Waals surface area contributed by atoms with Gasteiger partial charge in [-0.25, -0.2) is 0 Å². The van der Waals surface area contributed by atoms with Crippen LogP contribution < -0.4 is 0 Å². The van der Waals surface area contributed by atoms with Gasteiger partial charge in [-0.05, 0) is 12.8 Å². The molecule has 1 rings (SSSR count). The number of hydrogen-bond acceptors (Lipinski definition) is 3. The van der Waals surface area contributed by atoms with Gasteiger partial charge in [0.25, 0.3) is 0 Å². The van der Waals surface area contributed by atoms with Gasteiger partial charge in [0.05, 0.1) is 0 Å². The van der Waals surface area contributed by atoms with Gasteiger partial charge in [-0.15, -0.1) is 0 Å². The van der Waals surface area contributed by atoms with Crippen LogP contribution in [-0.2, 0) is 4.79 Å². The highest BCUT2D eigenvalue weighted by Gasteiger charge is 2.29. The molecule has 0 bridgehead atoms. The second kappa shape index (κ2) is 4.35. The maximum absolute atomic E-state index is 11.2. The first-order chi connectivity index (χ1) is 6.11. The molecule has 0 aromatic rings. The lowest BCUT2D eigenvalue weighted by Crippen LogP contribution is -2.26. The monoisotopic (exact) mass is 185 g/mol. The molecule has 0 aliphatic heterocycles. The van der Waals surface area contributed by atoms with E-state index < -0.39 is 6.04 Å². The lowest BCUT2D eigenvalue weighted by Gasteiger charge is -2.14. The molecule has 0 heterocycles. The van der Waals surface area contributed by atoms with Crippen LogP contribution in [0, 0.1) is 16.0 Å². The lowest BCUT2D eigenvalue weighted by atomic mass is 9.93. The van der Waals surface area contributed by atoms with E-state index >= 15 is 0 Å². The van der Waals surface area contributed by atoms with Crippen molar-refractivity contribution in [3.63, 3.8) is 0 Å². The first-order valence-electron chi connectivity index (χ1n) is 4.76. The molecule has 0 spiro atoms. The van der Waals surface area contributed by atoms with Crippen LogP contribution in [0.3, 0.4) is 0 Å². The van der Waals surface area contributed by atoms with E-state index in [0.29, 0.717) is 12.8 Å². The fraction of sp³-hybridized carbons (Fsp3) is 0.889. The van der Waals surface area contributed by atoms with E-state index in [2.05, 4.69) is 0 Å². The molecule has 4 nitrogen and oxygen atoms in total. The summed E-state index contributed by atoms with van der Waals surface area (Å²) in [6.45, 7) is 1.60. The number of carbonyl (C=O) groups excluding carboxylic acids is 1. The Hall–Kier alpha value is -0.930. The quantitative estimate of drug-likeness (QED) is 0.374. The van der Waals surface area contributed by atoms with E-state index in [-0.39, 0.29) is 16.6 Å². The fourth-order valence-electron chi connectivity index (χ4n) is 1.81. The highest BCUT2D eigenvalue weighted by atomic mass is 16.6. The lowest BCUT2D eigenvalue weighted by molar-refractivity contribution is -0.527. The molecular formula is C9H15NO3. The minimum absolute atomic E-state index is 0.0370. The summed E-state index contributed by atoms with van der Waals surface area (Å²) in [5.74, 6) is 0.154. The second-order valence-electron chi connectivity index (χ2n) is 3.77. The van der Waals surface area contributed by atoms with Crippen LogP contribution in [0.2, 0.25) is 0 Å². The van der Waals surface area contributed by atoms with Crippen LogP contribution in [-0.4, -0.2) is 16.7 Å². The molecule has 1 aliphatic rings. The summed E-state index contributed by atoms with van der Waals surface area (Å²) in [7, 11) is 0. The summed E-state index contributed by atoms with van der Waals surface area (Å²) < 4.78 is 0. The largest absolute Gasteiger partial charge is 0.300 e. The third-order valence-electron chi connectivity index (χ3n) is 2.79. The summed E-state index contributed by atoms with van der Waals surface area (Å²) in [4.78, 5) is 21.4. The molecule has 1 aliphatic carbocycles. The molecule has 0 radical (unpaired) electrons. The Labute approximate surface area is 77.5 Å². The predicted molar refractivity (Wildman–Crippen MR) is 48.0 cm³/mol. The van der Waals surface area contributed by atoms with Crippen molar-refractivity contribution in [3.05, 3.63) is 10.1 Å². The minimum Gasteiger partial charge on any atom is -0.300 e. The summed E-state index contributed by atoms with van der Waals surface area (Å²) in [6.07, 6.45) is 3.70. The maximum atomic E-state index is 11.2. The van der Waals surface area contributed by atoms with Gasteiger partial charge in [0.2, 0.25) is 6.04 Å². The number of nitrogens with zero attached hydrogens (tertiary/aromatic N) is 1. The number of rotatable bonds is 2. The minimum atomic E-state index is -0.568. The summed E-state index contributed by atoms with van der Waals surface area (Å²) in [5.41, 5.74) is 0. The van der Waals surface area contributed by atoms with Crippen molar-refractivity contribution in [2.75, 3.05) is 0 Å². The third kappa shape index (κ3) is 2.79. The van der Waals surface area contributed by atoms with Gasteiger partial charge in [0.15, 0.2) is 0 Å². The average molecular weight is 185 g/mol. The summed E-state index contributed by atoms with van der Waals surface area (Å²) >= 11 is 0. The molecule has 0 amide bonds. The first-order valence-corrected chi connectivity index (χ1v) is 4.76. The highest BCUT2D eigenvalue weighted by Crippen LogP contribution is 2.24. The van der Waals surface area contributed by atoms with E-state index in [1.165, 1.54) is 0 Å². The molecule has 1 fully saturated rings. The summed E-state index contributed by atoms with van der Waals surface area (Å²) in [6, 6.07) is -0.568. The Morgan fingerprint density at radius 2 is 2.23 bits per heavy atom. The van der Waals surface area contributed by atoms with Gasteiger partial charge in [0, 0.05) is 30.6 Å². The van der Waals surface area contributed by atoms with Gasteiger partial charge in [-0.2, -0.15) is 0 Å². The van der Waals surface area contributed by atoms with E-state index in [0.717, 1.165) is 19.3 Å². The zero-order valence-corrected chi connectivity index (χ0v) is 7.86. The highest BCUT2D eigenvalue weighted by molar-refractivity contribution is 5.78. The van der Waals surface area contributed by atoms with Crippen molar-refractivity contribution in [1.82, 2.24) is 0 Å². The van der Waals surface area contributed by atoms with Gasteiger partial charge >= 0.3 is 0 Å². The number of Topliss-reactive ketones (excluding diaryl/α,β-unsaturated/α-hetero) is 1. The Balaban J connectivity index is 2.56. The smallest absolute Gasteiger partial charge is 0.213 e. The number of nitro groups is 1. The summed E-state index contributed by atoms with van der Waals surface area (Å²) in [5, 5.41) is 10.5. The zero-order valence-electron chi connectivity index (χ0n) is 7.86. The van der Waals surface area contributed by atoms with Crippen molar-refractivity contribution in [1.29, 1.82) is 0 Å². The fourth-order valence-corrected chi connectivity index (χ4v) is 1.81. The Kier molecular flexibility index (Phi) is 3.39. The van der Waals surface area contributed by atoms with Gasteiger partial charge in [0.1, 0.15) is 5.78 Å². The molecule has 2 unspecified atom stereocenters. The molecule has 4 heteroatoms. The van der Waals surface area contributed by atoms with E-state index in [1.807, 2.05) is 0 Å². The number of hydrogen-bond donors (Lipinski definition) is 0. The standard InChI is InChI=1S/C9H15NO3/c1-7(10(12)13)8-4-2-3-5-9(11)6-8/h7-8H,2-6H2,1H3. The normalized spacial score (nSPS) is 26.5. The van der Waals surface area contributed by atoms with Gasteiger partial charge < -0.3 is 0 Å². The SMILES string of the molecule is CC(C1CCCCC(=O)C1)[N+](=O)[O-]. The van der Waals surface area contributed by atoms with Crippen LogP contribution in [0.1, 0.15) is 39.0 Å². The number of ketones is 1. The molecule has 2 atom stereocenters. The van der Waals surface area contributed by atoms with Crippen molar-refractivity contribution >= 4 is 5.78 Å². The van der Waals surface area contributed by atoms with E-state index in [9.17, 15) is 14.9 Å². The van der Waals surface area contributed by atoms with Crippen LogP contribution >= 0.6 is 0 Å². The van der Waals surface area contributed by atoms with Crippen molar-refractivity contribution < 1.29 is 9.72 Å².